The van der Waals surface area contributed by atoms with Gasteiger partial charge in [-0.1, -0.05) is 36.5 Å². The number of nitrogens with one attached hydrogen (secondary N) is 2. The minimum atomic E-state index is -3.02. The number of alkyl halides is 2. The molecule has 28 heavy (non-hydrogen) atoms. The summed E-state index contributed by atoms with van der Waals surface area (Å²) in [4.78, 5) is 16.6. The van der Waals surface area contributed by atoms with Gasteiger partial charge in [-0.05, 0) is 18.6 Å². The fourth-order valence-corrected chi connectivity index (χ4v) is 3.31. The number of halogens is 4. The van der Waals surface area contributed by atoms with Crippen LogP contribution in [-0.2, 0) is 0 Å². The van der Waals surface area contributed by atoms with Crippen molar-refractivity contribution in [3.63, 3.8) is 0 Å². The molecule has 0 radical (unpaired) electrons. The lowest BCUT2D eigenvalue weighted by Crippen LogP contribution is -2.32. The molecule has 0 aliphatic carbocycles. The van der Waals surface area contributed by atoms with Gasteiger partial charge in [0.05, 0.1) is 33.5 Å². The van der Waals surface area contributed by atoms with Crippen LogP contribution in [0.25, 0.3) is 0 Å². The van der Waals surface area contributed by atoms with E-state index in [1.54, 1.807) is 0 Å². The summed E-state index contributed by atoms with van der Waals surface area (Å²) in [5.74, 6) is -0.612. The number of nitrogens with zero attached hydrogens (tertiary/aromatic N) is 1. The van der Waals surface area contributed by atoms with Crippen LogP contribution in [-0.4, -0.2) is 30.2 Å². The number of benzene rings is 1. The molecule has 10 heteroatoms. The summed E-state index contributed by atoms with van der Waals surface area (Å²) in [5, 5.41) is 6.03. The van der Waals surface area contributed by atoms with Gasteiger partial charge in [-0.3, -0.25) is 9.78 Å². The van der Waals surface area contributed by atoms with Gasteiger partial charge in [0.25, 0.3) is 5.91 Å². The first-order valence-electron chi connectivity index (χ1n) is 8.53. The summed E-state index contributed by atoms with van der Waals surface area (Å²) in [7, 11) is 0. The van der Waals surface area contributed by atoms with Gasteiger partial charge in [0.1, 0.15) is 6.10 Å². The first-order chi connectivity index (χ1) is 13.4. The van der Waals surface area contributed by atoms with E-state index in [1.165, 1.54) is 24.5 Å². The fourth-order valence-electron chi connectivity index (χ4n) is 2.85. The third kappa shape index (κ3) is 4.39. The molecule has 2 N–H and O–H groups in total. The molecule has 1 aromatic carbocycles. The molecule has 0 saturated heterocycles. The second-order valence-corrected chi connectivity index (χ2v) is 6.85. The first kappa shape index (κ1) is 20.4. The zero-order valence-corrected chi connectivity index (χ0v) is 16.3. The minimum Gasteiger partial charge on any atom is -0.483 e. The van der Waals surface area contributed by atoms with Gasteiger partial charge in [-0.15, -0.1) is 0 Å². The van der Waals surface area contributed by atoms with Crippen molar-refractivity contribution in [2.24, 2.45) is 0 Å². The Labute approximate surface area is 170 Å². The normalized spacial score (nSPS) is 15.4. The maximum Gasteiger partial charge on any atom is 0.387 e. The van der Waals surface area contributed by atoms with Crippen LogP contribution in [0.5, 0.6) is 11.5 Å². The summed E-state index contributed by atoms with van der Waals surface area (Å²) in [5.41, 5.74) is 0.644. The SMILES string of the molecule is CCC[C@@H]1CNc2c(C(=O)Nc3c(Cl)cncc3Cl)ccc(OC(F)F)c2O1. The molecular formula is C18H17Cl2F2N3O3. The van der Waals surface area contributed by atoms with Crippen LogP contribution in [0.3, 0.4) is 0 Å². The van der Waals surface area contributed by atoms with Crippen LogP contribution < -0.4 is 20.1 Å². The Balaban J connectivity index is 1.95. The molecular weight excluding hydrogens is 415 g/mol. The zero-order valence-electron chi connectivity index (χ0n) is 14.8. The zero-order chi connectivity index (χ0) is 20.3. The lowest BCUT2D eigenvalue weighted by atomic mass is 10.1. The van der Waals surface area contributed by atoms with Crippen LogP contribution >= 0.6 is 23.2 Å². The minimum absolute atomic E-state index is 0.0737. The second-order valence-electron chi connectivity index (χ2n) is 6.04. The predicted molar refractivity (Wildman–Crippen MR) is 103 cm³/mol. The van der Waals surface area contributed by atoms with Gasteiger partial charge in [0.15, 0.2) is 11.5 Å². The number of amides is 1. The number of aromatic nitrogens is 1. The number of rotatable bonds is 6. The molecule has 1 amide bonds. The van der Waals surface area contributed by atoms with E-state index in [9.17, 15) is 13.6 Å². The number of fused-ring (bicyclic) bond motifs is 1. The quantitative estimate of drug-likeness (QED) is 0.656. The Bertz CT molecular complexity index is 863. The van der Waals surface area contributed by atoms with Gasteiger partial charge in [-0.25, -0.2) is 0 Å². The third-order valence-electron chi connectivity index (χ3n) is 4.08. The molecule has 0 fully saturated rings. The number of anilines is 2. The van der Waals surface area contributed by atoms with Gasteiger partial charge in [0.2, 0.25) is 0 Å². The van der Waals surface area contributed by atoms with Gasteiger partial charge < -0.3 is 20.1 Å². The van der Waals surface area contributed by atoms with Crippen molar-refractivity contribution in [3.8, 4) is 11.5 Å². The van der Waals surface area contributed by atoms with E-state index in [4.69, 9.17) is 27.9 Å². The molecule has 2 heterocycles. The number of hydrogen-bond donors (Lipinski definition) is 2. The Morgan fingerprint density at radius 2 is 2.11 bits per heavy atom. The van der Waals surface area contributed by atoms with Crippen LogP contribution in [0, 0.1) is 0 Å². The third-order valence-corrected chi connectivity index (χ3v) is 4.65. The Hall–Kier alpha value is -2.32. The number of ether oxygens (including phenoxy) is 2. The smallest absolute Gasteiger partial charge is 0.387 e. The summed E-state index contributed by atoms with van der Waals surface area (Å²) in [6, 6.07) is 2.64. The molecule has 0 spiro atoms. The van der Waals surface area contributed by atoms with E-state index in [0.29, 0.717) is 6.54 Å². The predicted octanol–water partition coefficient (Wildman–Crippen LogP) is 5.22. The average Bonchev–Trinajstić information content (AvgIpc) is 2.65. The Morgan fingerprint density at radius 3 is 2.75 bits per heavy atom. The number of carbonyl (C=O) groups excluding carboxylic acids is 1. The number of carbonyl (C=O) groups is 1. The van der Waals surface area contributed by atoms with E-state index in [1.807, 2.05) is 6.92 Å². The highest BCUT2D eigenvalue weighted by atomic mass is 35.5. The van der Waals surface area contributed by atoms with Gasteiger partial charge in [-0.2, -0.15) is 8.78 Å². The molecule has 0 bridgehead atoms. The molecule has 1 aliphatic heterocycles. The Morgan fingerprint density at radius 1 is 1.39 bits per heavy atom. The largest absolute Gasteiger partial charge is 0.483 e. The Kier molecular flexibility index (Phi) is 6.41. The molecule has 1 atom stereocenters. The van der Waals surface area contributed by atoms with Crippen molar-refractivity contribution >= 4 is 40.5 Å². The second kappa shape index (κ2) is 8.79. The molecule has 0 unspecified atom stereocenters. The maximum atomic E-state index is 12.8. The van der Waals surface area contributed by atoms with Crippen molar-refractivity contribution in [1.29, 1.82) is 0 Å². The standard InChI is InChI=1S/C18H17Cl2F2N3O3/c1-2-3-9-6-24-14-10(4-5-13(16(14)27-9)28-18(21)22)17(26)25-15-11(19)7-23-8-12(15)20/h4-5,7-9,18,24H,2-3,6H2,1H3,(H,23,25,26)/t9-/m1/s1. The van der Waals surface area contributed by atoms with E-state index in [-0.39, 0.29) is 44.6 Å². The molecule has 6 nitrogen and oxygen atoms in total. The van der Waals surface area contributed by atoms with Crippen molar-refractivity contribution in [2.45, 2.75) is 32.5 Å². The summed E-state index contributed by atoms with van der Waals surface area (Å²) in [6.45, 7) is -0.606. The molecule has 0 saturated carbocycles. The molecule has 3 rings (SSSR count). The molecule has 1 aliphatic rings. The summed E-state index contributed by atoms with van der Waals surface area (Å²) in [6.07, 6.45) is 4.04. The van der Waals surface area contributed by atoms with Crippen molar-refractivity contribution in [3.05, 3.63) is 40.1 Å². The van der Waals surface area contributed by atoms with E-state index in [0.717, 1.165) is 12.8 Å². The lowest BCUT2D eigenvalue weighted by Gasteiger charge is -2.30. The van der Waals surface area contributed by atoms with Gasteiger partial charge in [0, 0.05) is 12.4 Å². The average molecular weight is 432 g/mol. The number of hydrogen-bond acceptors (Lipinski definition) is 5. The molecule has 150 valence electrons. The fraction of sp³-hybridized carbons (Fsp3) is 0.333. The first-order valence-corrected chi connectivity index (χ1v) is 9.29. The summed E-state index contributed by atoms with van der Waals surface area (Å²) >= 11 is 12.1. The number of pyridine rings is 1. The molecule has 1 aromatic heterocycles. The highest BCUT2D eigenvalue weighted by Crippen LogP contribution is 2.42. The van der Waals surface area contributed by atoms with Crippen molar-refractivity contribution in [1.82, 2.24) is 4.98 Å². The van der Waals surface area contributed by atoms with E-state index >= 15 is 0 Å². The topological polar surface area (TPSA) is 72.5 Å². The van der Waals surface area contributed by atoms with E-state index in [2.05, 4.69) is 20.4 Å². The van der Waals surface area contributed by atoms with Crippen molar-refractivity contribution < 1.29 is 23.0 Å². The highest BCUT2D eigenvalue weighted by molar-refractivity contribution is 6.39. The van der Waals surface area contributed by atoms with Gasteiger partial charge >= 0.3 is 6.61 Å². The van der Waals surface area contributed by atoms with Crippen LogP contribution in [0.1, 0.15) is 30.1 Å². The van der Waals surface area contributed by atoms with E-state index < -0.39 is 12.5 Å². The van der Waals surface area contributed by atoms with Crippen LogP contribution in [0.4, 0.5) is 20.2 Å². The van der Waals surface area contributed by atoms with Crippen LogP contribution in [0.15, 0.2) is 24.5 Å². The highest BCUT2D eigenvalue weighted by Gasteiger charge is 2.28. The lowest BCUT2D eigenvalue weighted by molar-refractivity contribution is -0.0521. The summed E-state index contributed by atoms with van der Waals surface area (Å²) < 4.78 is 35.9. The molecule has 2 aromatic rings. The maximum absolute atomic E-state index is 12.8. The van der Waals surface area contributed by atoms with Crippen molar-refractivity contribution in [2.75, 3.05) is 17.2 Å². The van der Waals surface area contributed by atoms with Crippen LogP contribution in [0.2, 0.25) is 10.0 Å². The monoisotopic (exact) mass is 431 g/mol.